The third-order valence-corrected chi connectivity index (χ3v) is 5.90. The number of ketones is 1. The molecule has 1 unspecified atom stereocenters. The van der Waals surface area contributed by atoms with Crippen molar-refractivity contribution < 1.29 is 13.2 Å². The first-order valence-electron chi connectivity index (χ1n) is 7.54. The minimum atomic E-state index is -3.05. The van der Waals surface area contributed by atoms with Crippen LogP contribution >= 0.6 is 0 Å². The van der Waals surface area contributed by atoms with E-state index in [0.717, 1.165) is 45.3 Å². The number of carbonyl (C=O) groups is 1. The van der Waals surface area contributed by atoms with Crippen LogP contribution in [0.2, 0.25) is 0 Å². The van der Waals surface area contributed by atoms with E-state index < -0.39 is 10.0 Å². The highest BCUT2D eigenvalue weighted by molar-refractivity contribution is 7.88. The van der Waals surface area contributed by atoms with Gasteiger partial charge in [-0.15, -0.1) is 0 Å². The number of nitrogens with zero attached hydrogens (tertiary/aromatic N) is 2. The summed E-state index contributed by atoms with van der Waals surface area (Å²) in [5.41, 5.74) is 0. The molecule has 2 rings (SSSR count). The number of sulfonamides is 1. The fourth-order valence-corrected chi connectivity index (χ4v) is 4.31. The number of likely N-dealkylation sites (tertiary alicyclic amines) is 1. The first-order valence-corrected chi connectivity index (χ1v) is 9.39. The van der Waals surface area contributed by atoms with Gasteiger partial charge in [-0.2, -0.15) is 0 Å². The fourth-order valence-electron chi connectivity index (χ4n) is 3.36. The summed E-state index contributed by atoms with van der Waals surface area (Å²) in [6, 6.07) is 0. The Balaban J connectivity index is 1.81. The highest BCUT2D eigenvalue weighted by Gasteiger charge is 2.29. The van der Waals surface area contributed by atoms with Gasteiger partial charge < -0.3 is 4.90 Å². The molecule has 0 bridgehead atoms. The van der Waals surface area contributed by atoms with Crippen molar-refractivity contribution in [2.45, 2.75) is 32.6 Å². The molecule has 0 saturated carbocycles. The van der Waals surface area contributed by atoms with Crippen LogP contribution in [0.3, 0.4) is 0 Å². The Morgan fingerprint density at radius 1 is 1.15 bits per heavy atom. The SMILES string of the molecule is CC(=O)C1CCN(CC2CCCN(S(C)(=O)=O)C2)CC1. The Labute approximate surface area is 122 Å². The Morgan fingerprint density at radius 3 is 2.35 bits per heavy atom. The number of Topliss-reactive ketones (excluding diaryl/α,β-unsaturated/α-hetero) is 1. The minimum absolute atomic E-state index is 0.241. The lowest BCUT2D eigenvalue weighted by Crippen LogP contribution is -2.45. The average Bonchev–Trinajstić information content (AvgIpc) is 2.38. The second-order valence-electron chi connectivity index (χ2n) is 6.31. The van der Waals surface area contributed by atoms with Gasteiger partial charge in [-0.25, -0.2) is 12.7 Å². The van der Waals surface area contributed by atoms with Crippen molar-refractivity contribution in [3.05, 3.63) is 0 Å². The molecule has 0 spiro atoms. The smallest absolute Gasteiger partial charge is 0.211 e. The van der Waals surface area contributed by atoms with Gasteiger partial charge >= 0.3 is 0 Å². The summed E-state index contributed by atoms with van der Waals surface area (Å²) in [6.45, 7) is 5.93. The molecule has 0 aliphatic carbocycles. The van der Waals surface area contributed by atoms with E-state index in [9.17, 15) is 13.2 Å². The van der Waals surface area contributed by atoms with Crippen molar-refractivity contribution in [3.8, 4) is 0 Å². The minimum Gasteiger partial charge on any atom is -0.303 e. The molecular weight excluding hydrogens is 276 g/mol. The number of hydrogen-bond acceptors (Lipinski definition) is 4. The fraction of sp³-hybridized carbons (Fsp3) is 0.929. The quantitative estimate of drug-likeness (QED) is 0.776. The van der Waals surface area contributed by atoms with E-state index in [1.807, 2.05) is 0 Å². The zero-order chi connectivity index (χ0) is 14.8. The Morgan fingerprint density at radius 2 is 1.80 bits per heavy atom. The molecule has 6 heteroatoms. The van der Waals surface area contributed by atoms with Crippen LogP contribution in [-0.4, -0.2) is 62.4 Å². The molecule has 0 aromatic rings. The van der Waals surface area contributed by atoms with Crippen molar-refractivity contribution in [3.63, 3.8) is 0 Å². The van der Waals surface area contributed by atoms with Crippen LogP contribution in [0.4, 0.5) is 0 Å². The number of hydrogen-bond donors (Lipinski definition) is 0. The van der Waals surface area contributed by atoms with Gasteiger partial charge in [-0.05, 0) is 51.6 Å². The van der Waals surface area contributed by atoms with Crippen molar-refractivity contribution in [2.75, 3.05) is 39.0 Å². The third-order valence-electron chi connectivity index (χ3n) is 4.63. The molecule has 2 aliphatic rings. The number of carbonyl (C=O) groups excluding carboxylic acids is 1. The Hall–Kier alpha value is -0.460. The lowest BCUT2D eigenvalue weighted by molar-refractivity contribution is -0.122. The molecule has 0 N–H and O–H groups in total. The van der Waals surface area contributed by atoms with Crippen molar-refractivity contribution in [1.82, 2.24) is 9.21 Å². The first kappa shape index (κ1) is 15.9. The maximum atomic E-state index is 11.6. The molecule has 1 atom stereocenters. The molecule has 0 radical (unpaired) electrons. The second kappa shape index (κ2) is 6.54. The number of piperidine rings is 2. The van der Waals surface area contributed by atoms with Crippen molar-refractivity contribution in [1.29, 1.82) is 0 Å². The normalized spacial score (nSPS) is 27.6. The molecule has 2 fully saturated rings. The largest absolute Gasteiger partial charge is 0.303 e. The molecule has 20 heavy (non-hydrogen) atoms. The molecular formula is C14H26N2O3S. The van der Waals surface area contributed by atoms with Gasteiger partial charge in [-0.1, -0.05) is 0 Å². The molecule has 2 saturated heterocycles. The first-order chi connectivity index (χ1) is 9.36. The van der Waals surface area contributed by atoms with Gasteiger partial charge in [0, 0.05) is 25.6 Å². The summed E-state index contributed by atoms with van der Waals surface area (Å²) >= 11 is 0. The zero-order valence-electron chi connectivity index (χ0n) is 12.5. The molecule has 2 aliphatic heterocycles. The van der Waals surface area contributed by atoms with E-state index in [1.54, 1.807) is 11.2 Å². The molecule has 0 aromatic carbocycles. The molecule has 2 heterocycles. The Kier molecular flexibility index (Phi) is 5.20. The van der Waals surface area contributed by atoms with Crippen LogP contribution in [0.15, 0.2) is 0 Å². The van der Waals surface area contributed by atoms with Crippen LogP contribution in [0.5, 0.6) is 0 Å². The van der Waals surface area contributed by atoms with Gasteiger partial charge in [-0.3, -0.25) is 4.79 Å². The van der Waals surface area contributed by atoms with Crippen LogP contribution in [0, 0.1) is 11.8 Å². The molecule has 5 nitrogen and oxygen atoms in total. The van der Waals surface area contributed by atoms with Crippen LogP contribution in [-0.2, 0) is 14.8 Å². The maximum Gasteiger partial charge on any atom is 0.211 e. The Bertz CT molecular complexity index is 441. The summed E-state index contributed by atoms with van der Waals surface area (Å²) in [4.78, 5) is 13.8. The van der Waals surface area contributed by atoms with E-state index in [-0.39, 0.29) is 5.92 Å². The van der Waals surface area contributed by atoms with Crippen LogP contribution in [0.1, 0.15) is 32.6 Å². The monoisotopic (exact) mass is 302 g/mol. The summed E-state index contributed by atoms with van der Waals surface area (Å²) < 4.78 is 24.8. The number of rotatable bonds is 4. The highest BCUT2D eigenvalue weighted by Crippen LogP contribution is 2.23. The van der Waals surface area contributed by atoms with E-state index in [4.69, 9.17) is 0 Å². The lowest BCUT2D eigenvalue weighted by Gasteiger charge is -2.37. The molecule has 0 amide bonds. The van der Waals surface area contributed by atoms with Crippen LogP contribution < -0.4 is 0 Å². The lowest BCUT2D eigenvalue weighted by atomic mass is 9.92. The maximum absolute atomic E-state index is 11.6. The molecule has 0 aromatic heterocycles. The van der Waals surface area contributed by atoms with Gasteiger partial charge in [0.1, 0.15) is 5.78 Å². The highest BCUT2D eigenvalue weighted by atomic mass is 32.2. The average molecular weight is 302 g/mol. The predicted molar refractivity (Wildman–Crippen MR) is 79.0 cm³/mol. The standard InChI is InChI=1S/C14H26N2O3S/c1-12(17)14-5-8-15(9-6-14)10-13-4-3-7-16(11-13)20(2,18)19/h13-14H,3-11H2,1-2H3. The summed E-state index contributed by atoms with van der Waals surface area (Å²) in [7, 11) is -3.05. The van der Waals surface area contributed by atoms with Crippen molar-refractivity contribution >= 4 is 15.8 Å². The van der Waals surface area contributed by atoms with E-state index in [0.29, 0.717) is 24.8 Å². The van der Waals surface area contributed by atoms with Crippen molar-refractivity contribution in [2.24, 2.45) is 11.8 Å². The topological polar surface area (TPSA) is 57.7 Å². The summed E-state index contributed by atoms with van der Waals surface area (Å²) in [5.74, 6) is 0.989. The van der Waals surface area contributed by atoms with E-state index >= 15 is 0 Å². The van der Waals surface area contributed by atoms with Gasteiger partial charge in [0.2, 0.25) is 10.0 Å². The van der Waals surface area contributed by atoms with Gasteiger partial charge in [0.25, 0.3) is 0 Å². The van der Waals surface area contributed by atoms with E-state index in [1.165, 1.54) is 6.26 Å². The zero-order valence-corrected chi connectivity index (χ0v) is 13.4. The predicted octanol–water partition coefficient (Wildman–Crippen LogP) is 0.959. The summed E-state index contributed by atoms with van der Waals surface area (Å²) in [5, 5.41) is 0. The van der Waals surface area contributed by atoms with E-state index in [2.05, 4.69) is 4.90 Å². The summed E-state index contributed by atoms with van der Waals surface area (Å²) in [6.07, 6.45) is 5.28. The van der Waals surface area contributed by atoms with Gasteiger partial charge in [0.05, 0.1) is 6.26 Å². The van der Waals surface area contributed by atoms with Gasteiger partial charge in [0.15, 0.2) is 0 Å². The van der Waals surface area contributed by atoms with Crippen LogP contribution in [0.25, 0.3) is 0 Å². The molecule has 116 valence electrons. The third kappa shape index (κ3) is 4.27. The second-order valence-corrected chi connectivity index (χ2v) is 8.30.